The normalized spacial score (nSPS) is 15.1. The van der Waals surface area contributed by atoms with Gasteiger partial charge in [-0.25, -0.2) is 25.9 Å². The van der Waals surface area contributed by atoms with Crippen LogP contribution in [0.1, 0.15) is 18.4 Å². The molecule has 9 heteroatoms. The molecule has 1 aliphatic carbocycles. The molecule has 134 valence electrons. The average molecular weight is 384 g/mol. The first-order valence-electron chi connectivity index (χ1n) is 7.59. The molecule has 6 nitrogen and oxygen atoms in total. The maximum absolute atomic E-state index is 13.2. The van der Waals surface area contributed by atoms with Gasteiger partial charge in [-0.05, 0) is 61.7 Å². The smallest absolute Gasteiger partial charge is 0.262 e. The maximum atomic E-state index is 13.2. The molecule has 25 heavy (non-hydrogen) atoms. The third-order valence-corrected chi connectivity index (χ3v) is 6.78. The van der Waals surface area contributed by atoms with Crippen molar-refractivity contribution < 1.29 is 21.2 Å². The molecule has 0 heterocycles. The highest BCUT2D eigenvalue weighted by Gasteiger charge is 2.28. The summed E-state index contributed by atoms with van der Waals surface area (Å²) >= 11 is 0. The highest BCUT2D eigenvalue weighted by molar-refractivity contribution is 7.92. The van der Waals surface area contributed by atoms with Crippen molar-refractivity contribution in [3.05, 3.63) is 53.8 Å². The largest absolute Gasteiger partial charge is 0.280 e. The van der Waals surface area contributed by atoms with E-state index >= 15 is 0 Å². The van der Waals surface area contributed by atoms with Gasteiger partial charge in [-0.2, -0.15) is 0 Å². The van der Waals surface area contributed by atoms with Gasteiger partial charge in [-0.1, -0.05) is 6.07 Å². The van der Waals surface area contributed by atoms with E-state index in [4.69, 9.17) is 0 Å². The zero-order valence-electron chi connectivity index (χ0n) is 13.4. The first-order valence-corrected chi connectivity index (χ1v) is 10.6. The summed E-state index contributed by atoms with van der Waals surface area (Å²) in [6.07, 6.45) is 1.60. The lowest BCUT2D eigenvalue weighted by atomic mass is 10.2. The van der Waals surface area contributed by atoms with Gasteiger partial charge in [0.2, 0.25) is 10.0 Å². The number of anilines is 1. The van der Waals surface area contributed by atoms with Crippen LogP contribution >= 0.6 is 0 Å². The van der Waals surface area contributed by atoms with E-state index in [1.54, 1.807) is 0 Å². The van der Waals surface area contributed by atoms with E-state index in [9.17, 15) is 21.2 Å². The minimum Gasteiger partial charge on any atom is -0.280 e. The van der Waals surface area contributed by atoms with Crippen LogP contribution in [0.3, 0.4) is 0 Å². The minimum atomic E-state index is -3.97. The van der Waals surface area contributed by atoms with Gasteiger partial charge in [0, 0.05) is 6.04 Å². The van der Waals surface area contributed by atoms with Gasteiger partial charge in [0.05, 0.1) is 15.5 Å². The van der Waals surface area contributed by atoms with Crippen LogP contribution in [-0.4, -0.2) is 22.9 Å². The molecule has 0 bridgehead atoms. The van der Waals surface area contributed by atoms with Crippen molar-refractivity contribution in [2.75, 3.05) is 4.72 Å². The topological polar surface area (TPSA) is 92.3 Å². The zero-order valence-corrected chi connectivity index (χ0v) is 15.0. The Labute approximate surface area is 146 Å². The van der Waals surface area contributed by atoms with Crippen molar-refractivity contribution in [2.45, 2.75) is 35.6 Å². The fraction of sp³-hybridized carbons (Fsp3) is 0.250. The molecule has 0 unspecified atom stereocenters. The number of hydrogen-bond donors (Lipinski definition) is 2. The summed E-state index contributed by atoms with van der Waals surface area (Å²) in [6, 6.07) is 8.85. The van der Waals surface area contributed by atoms with Crippen molar-refractivity contribution >= 4 is 25.7 Å². The molecular weight excluding hydrogens is 367 g/mol. The van der Waals surface area contributed by atoms with E-state index in [0.717, 1.165) is 25.0 Å². The van der Waals surface area contributed by atoms with Crippen LogP contribution in [0.15, 0.2) is 52.3 Å². The summed E-state index contributed by atoms with van der Waals surface area (Å²) in [5.74, 6) is -0.532. The van der Waals surface area contributed by atoms with E-state index in [1.807, 2.05) is 0 Å². The lowest BCUT2D eigenvalue weighted by molar-refractivity contribution is 0.580. The highest BCUT2D eigenvalue weighted by atomic mass is 32.2. The van der Waals surface area contributed by atoms with Crippen LogP contribution in [-0.2, 0) is 20.0 Å². The lowest BCUT2D eigenvalue weighted by Crippen LogP contribution is -2.25. The highest BCUT2D eigenvalue weighted by Crippen LogP contribution is 2.25. The number of rotatable bonds is 6. The van der Waals surface area contributed by atoms with Gasteiger partial charge in [0.1, 0.15) is 5.82 Å². The molecule has 3 rings (SSSR count). The van der Waals surface area contributed by atoms with Crippen LogP contribution in [0.4, 0.5) is 10.1 Å². The van der Waals surface area contributed by atoms with Gasteiger partial charge in [-0.3, -0.25) is 4.72 Å². The Morgan fingerprint density at radius 1 is 1.00 bits per heavy atom. The molecule has 2 N–H and O–H groups in total. The Hall–Kier alpha value is -1.97. The average Bonchev–Trinajstić information content (AvgIpc) is 3.30. The SMILES string of the molecule is Cc1cc(F)ccc1S(=O)(=O)Nc1cccc(S(=O)(=O)NC2CC2)c1. The number of nitrogens with one attached hydrogen (secondary N) is 2. The minimum absolute atomic E-state index is 0.0181. The van der Waals surface area contributed by atoms with E-state index in [0.29, 0.717) is 0 Å². The van der Waals surface area contributed by atoms with Crippen molar-refractivity contribution in [3.63, 3.8) is 0 Å². The summed E-state index contributed by atoms with van der Waals surface area (Å²) in [4.78, 5) is -0.0892. The maximum Gasteiger partial charge on any atom is 0.262 e. The molecule has 1 saturated carbocycles. The van der Waals surface area contributed by atoms with E-state index in [1.165, 1.54) is 37.3 Å². The van der Waals surface area contributed by atoms with Crippen LogP contribution in [0.2, 0.25) is 0 Å². The monoisotopic (exact) mass is 384 g/mol. The van der Waals surface area contributed by atoms with Gasteiger partial charge < -0.3 is 0 Å². The second-order valence-corrected chi connectivity index (χ2v) is 9.30. The van der Waals surface area contributed by atoms with Crippen molar-refractivity contribution in [3.8, 4) is 0 Å². The van der Waals surface area contributed by atoms with E-state index < -0.39 is 25.9 Å². The van der Waals surface area contributed by atoms with Crippen LogP contribution in [0.25, 0.3) is 0 Å². The standard InChI is InChI=1S/C16H17FN2O4S2/c1-11-9-12(17)5-8-16(11)25(22,23)19-14-3-2-4-15(10-14)24(20,21)18-13-6-7-13/h2-5,8-10,13,18-19H,6-7H2,1H3. The Kier molecular flexibility index (Phi) is 4.56. The van der Waals surface area contributed by atoms with E-state index in [2.05, 4.69) is 9.44 Å². The summed E-state index contributed by atoms with van der Waals surface area (Å²) in [5, 5.41) is 0. The molecule has 2 aromatic carbocycles. The molecule has 0 aromatic heterocycles. The molecule has 0 amide bonds. The lowest BCUT2D eigenvalue weighted by Gasteiger charge is -2.12. The Balaban J connectivity index is 1.88. The first kappa shape index (κ1) is 17.8. The molecule has 2 aromatic rings. The predicted octanol–water partition coefficient (Wildman–Crippen LogP) is 2.38. The van der Waals surface area contributed by atoms with Crippen molar-refractivity contribution in [2.24, 2.45) is 0 Å². The molecule has 0 radical (unpaired) electrons. The Bertz CT molecular complexity index is 1020. The summed E-state index contributed by atoms with van der Waals surface area (Å²) in [6.45, 7) is 1.48. The Morgan fingerprint density at radius 2 is 1.72 bits per heavy atom. The molecular formula is C16H17FN2O4S2. The second kappa shape index (κ2) is 6.40. The van der Waals surface area contributed by atoms with Crippen LogP contribution in [0.5, 0.6) is 0 Å². The van der Waals surface area contributed by atoms with Gasteiger partial charge in [0.25, 0.3) is 10.0 Å². The summed E-state index contributed by atoms with van der Waals surface area (Å²) in [7, 11) is -7.65. The first-order chi connectivity index (χ1) is 11.7. The fourth-order valence-corrected chi connectivity index (χ4v) is 4.97. The van der Waals surface area contributed by atoms with Gasteiger partial charge >= 0.3 is 0 Å². The number of halogens is 1. The summed E-state index contributed by atoms with van der Waals surface area (Å²) < 4.78 is 67.5. The zero-order chi connectivity index (χ0) is 18.2. The molecule has 1 aliphatic rings. The molecule has 0 atom stereocenters. The van der Waals surface area contributed by atoms with Crippen molar-refractivity contribution in [1.29, 1.82) is 0 Å². The quantitative estimate of drug-likeness (QED) is 0.800. The number of aryl methyl sites for hydroxylation is 1. The second-order valence-electron chi connectivity index (χ2n) is 5.94. The Morgan fingerprint density at radius 3 is 2.36 bits per heavy atom. The molecule has 0 aliphatic heterocycles. The summed E-state index contributed by atoms with van der Waals surface area (Å²) in [5.41, 5.74) is 0.370. The number of sulfonamides is 2. The predicted molar refractivity (Wildman–Crippen MR) is 91.7 cm³/mol. The van der Waals surface area contributed by atoms with Crippen molar-refractivity contribution in [1.82, 2.24) is 4.72 Å². The number of hydrogen-bond acceptors (Lipinski definition) is 4. The number of benzene rings is 2. The van der Waals surface area contributed by atoms with Gasteiger partial charge in [-0.15, -0.1) is 0 Å². The fourth-order valence-electron chi connectivity index (χ4n) is 2.34. The molecule has 0 saturated heterocycles. The van der Waals surface area contributed by atoms with E-state index in [-0.39, 0.29) is 27.1 Å². The van der Waals surface area contributed by atoms with Crippen LogP contribution < -0.4 is 9.44 Å². The van der Waals surface area contributed by atoms with Crippen LogP contribution in [0, 0.1) is 12.7 Å². The third-order valence-electron chi connectivity index (χ3n) is 3.72. The third kappa shape index (κ3) is 4.17. The van der Waals surface area contributed by atoms with Gasteiger partial charge in [0.15, 0.2) is 0 Å². The molecule has 0 spiro atoms. The molecule has 1 fully saturated rings.